The smallest absolute Gasteiger partial charge is 0.326 e. The van der Waals surface area contributed by atoms with Crippen LogP contribution in [0.15, 0.2) is 33.6 Å². The molecule has 1 aliphatic heterocycles. The van der Waals surface area contributed by atoms with Crippen molar-refractivity contribution in [1.29, 1.82) is 0 Å². The average molecular weight is 388 g/mol. The quantitative estimate of drug-likeness (QED) is 0.812. The summed E-state index contributed by atoms with van der Waals surface area (Å²) in [5, 5.41) is 9.07. The summed E-state index contributed by atoms with van der Waals surface area (Å²) in [5.41, 5.74) is 0. The van der Waals surface area contributed by atoms with Gasteiger partial charge in [-0.25, -0.2) is 4.79 Å². The third kappa shape index (κ3) is 4.39. The minimum atomic E-state index is -1.14. The lowest BCUT2D eigenvalue weighted by Crippen LogP contribution is -2.40. The number of rotatable bonds is 6. The molecular weight excluding hydrogens is 370 g/mol. The van der Waals surface area contributed by atoms with Gasteiger partial charge in [0.25, 0.3) is 0 Å². The number of carbonyl (C=O) groups is 2. The van der Waals surface area contributed by atoms with Crippen LogP contribution in [0.3, 0.4) is 0 Å². The highest BCUT2D eigenvalue weighted by atomic mass is 79.9. The largest absolute Gasteiger partial charge is 0.480 e. The Morgan fingerprint density at radius 3 is 2.64 bits per heavy atom. The Hall–Kier alpha value is -1.21. The first-order chi connectivity index (χ1) is 10.5. The zero-order chi connectivity index (χ0) is 16.1. The Bertz CT molecular complexity index is 575. The lowest BCUT2D eigenvalue weighted by molar-refractivity contribution is -0.148. The molecule has 0 radical (unpaired) electrons. The summed E-state index contributed by atoms with van der Waals surface area (Å²) in [7, 11) is -1.14. The van der Waals surface area contributed by atoms with Gasteiger partial charge in [0.15, 0.2) is 0 Å². The number of carboxylic acids is 1. The van der Waals surface area contributed by atoms with Crippen LogP contribution >= 0.6 is 15.9 Å². The molecule has 0 saturated carbocycles. The minimum Gasteiger partial charge on any atom is -0.480 e. The molecule has 2 atom stereocenters. The van der Waals surface area contributed by atoms with Crippen molar-refractivity contribution in [2.75, 3.05) is 12.3 Å². The molecule has 22 heavy (non-hydrogen) atoms. The predicted octanol–water partition coefficient (Wildman–Crippen LogP) is 2.41. The van der Waals surface area contributed by atoms with Gasteiger partial charge in [0, 0.05) is 28.1 Å². The van der Waals surface area contributed by atoms with Crippen LogP contribution in [-0.2, 0) is 20.4 Å². The van der Waals surface area contributed by atoms with Gasteiger partial charge in [-0.05, 0) is 43.5 Å². The number of likely N-dealkylation sites (tertiary alicyclic amines) is 1. The molecule has 1 heterocycles. The molecule has 1 saturated heterocycles. The van der Waals surface area contributed by atoms with E-state index in [-0.39, 0.29) is 12.3 Å². The van der Waals surface area contributed by atoms with E-state index in [0.717, 1.165) is 15.8 Å². The Morgan fingerprint density at radius 2 is 2.00 bits per heavy atom. The first-order valence-corrected chi connectivity index (χ1v) is 9.26. The zero-order valence-electron chi connectivity index (χ0n) is 12.0. The highest BCUT2D eigenvalue weighted by molar-refractivity contribution is 9.10. The first-order valence-electron chi connectivity index (χ1n) is 7.15. The molecule has 0 aromatic heterocycles. The third-order valence-corrected chi connectivity index (χ3v) is 5.64. The number of carbonyl (C=O) groups excluding carboxylic acids is 1. The van der Waals surface area contributed by atoms with E-state index in [1.807, 2.05) is 12.1 Å². The summed E-state index contributed by atoms with van der Waals surface area (Å²) in [6, 6.07) is 6.57. The van der Waals surface area contributed by atoms with Crippen molar-refractivity contribution in [2.24, 2.45) is 0 Å². The molecule has 1 aliphatic rings. The van der Waals surface area contributed by atoms with Gasteiger partial charge < -0.3 is 10.0 Å². The van der Waals surface area contributed by atoms with Crippen LogP contribution in [0.4, 0.5) is 0 Å². The molecule has 120 valence electrons. The van der Waals surface area contributed by atoms with Crippen LogP contribution in [0.25, 0.3) is 0 Å². The van der Waals surface area contributed by atoms with Gasteiger partial charge >= 0.3 is 5.97 Å². The van der Waals surface area contributed by atoms with Crippen LogP contribution in [0.2, 0.25) is 0 Å². The van der Waals surface area contributed by atoms with Gasteiger partial charge in [-0.3, -0.25) is 9.00 Å². The van der Waals surface area contributed by atoms with E-state index >= 15 is 0 Å². The van der Waals surface area contributed by atoms with E-state index in [4.69, 9.17) is 5.11 Å². The molecule has 1 fully saturated rings. The van der Waals surface area contributed by atoms with Crippen LogP contribution < -0.4 is 0 Å². The number of carboxylic acid groups (broad SMARTS) is 1. The second kappa shape index (κ2) is 7.87. The Morgan fingerprint density at radius 1 is 1.32 bits per heavy atom. The maximum atomic E-state index is 12.1. The first kappa shape index (κ1) is 17.1. The van der Waals surface area contributed by atoms with Gasteiger partial charge in [0.1, 0.15) is 6.04 Å². The number of amides is 1. The van der Waals surface area contributed by atoms with E-state index in [1.165, 1.54) is 4.90 Å². The zero-order valence-corrected chi connectivity index (χ0v) is 14.4. The number of hydrogen-bond donors (Lipinski definition) is 1. The highest BCUT2D eigenvalue weighted by Gasteiger charge is 2.33. The molecule has 0 aliphatic carbocycles. The number of hydrogen-bond acceptors (Lipinski definition) is 3. The second-order valence-corrected chi connectivity index (χ2v) is 7.68. The fourth-order valence-electron chi connectivity index (χ4n) is 2.52. The van der Waals surface area contributed by atoms with Crippen molar-refractivity contribution in [3.63, 3.8) is 0 Å². The van der Waals surface area contributed by atoms with Crippen LogP contribution in [0.5, 0.6) is 0 Å². The molecule has 1 aromatic carbocycles. The van der Waals surface area contributed by atoms with Crippen LogP contribution in [-0.4, -0.2) is 44.4 Å². The van der Waals surface area contributed by atoms with Crippen molar-refractivity contribution < 1.29 is 18.9 Å². The van der Waals surface area contributed by atoms with E-state index in [9.17, 15) is 13.8 Å². The highest BCUT2D eigenvalue weighted by Crippen LogP contribution is 2.19. The fourth-order valence-corrected chi connectivity index (χ4v) is 3.87. The molecule has 2 rings (SSSR count). The van der Waals surface area contributed by atoms with E-state index in [0.29, 0.717) is 25.1 Å². The van der Waals surface area contributed by atoms with Gasteiger partial charge in [-0.2, -0.15) is 0 Å². The molecule has 0 bridgehead atoms. The molecule has 1 aromatic rings. The molecule has 1 N–H and O–H groups in total. The van der Waals surface area contributed by atoms with Crippen molar-refractivity contribution >= 4 is 38.6 Å². The summed E-state index contributed by atoms with van der Waals surface area (Å²) >= 11 is 3.32. The van der Waals surface area contributed by atoms with E-state index < -0.39 is 22.8 Å². The maximum Gasteiger partial charge on any atom is 0.326 e. The third-order valence-electron chi connectivity index (χ3n) is 3.66. The fraction of sp³-hybridized carbons (Fsp3) is 0.467. The normalized spacial score (nSPS) is 19.1. The van der Waals surface area contributed by atoms with Crippen molar-refractivity contribution in [3.8, 4) is 0 Å². The van der Waals surface area contributed by atoms with Gasteiger partial charge in [0.2, 0.25) is 5.91 Å². The lowest BCUT2D eigenvalue weighted by atomic mass is 10.2. The lowest BCUT2D eigenvalue weighted by Gasteiger charge is -2.21. The van der Waals surface area contributed by atoms with Crippen molar-refractivity contribution in [1.82, 2.24) is 4.90 Å². The maximum absolute atomic E-state index is 12.1. The van der Waals surface area contributed by atoms with Gasteiger partial charge in [-0.1, -0.05) is 15.9 Å². The number of nitrogens with zero attached hydrogens (tertiary/aromatic N) is 1. The second-order valence-electron chi connectivity index (χ2n) is 5.19. The van der Waals surface area contributed by atoms with E-state index in [1.54, 1.807) is 12.1 Å². The summed E-state index contributed by atoms with van der Waals surface area (Å²) < 4.78 is 13.0. The Kier molecular flexibility index (Phi) is 6.14. The van der Waals surface area contributed by atoms with Gasteiger partial charge in [-0.15, -0.1) is 0 Å². The molecule has 1 amide bonds. The average Bonchev–Trinajstić information content (AvgIpc) is 2.97. The predicted molar refractivity (Wildman–Crippen MR) is 87.0 cm³/mol. The molecule has 5 nitrogen and oxygen atoms in total. The minimum absolute atomic E-state index is 0.155. The summed E-state index contributed by atoms with van der Waals surface area (Å²) in [6.07, 6.45) is 1.98. The monoisotopic (exact) mass is 387 g/mol. The number of halogens is 1. The Labute approximate surface area is 140 Å². The molecule has 7 heteroatoms. The SMILES string of the molecule is O=C(O)[C@@H]1CCCN1C(=O)CCC[S@](=O)c1ccc(Br)cc1. The number of benzene rings is 1. The van der Waals surface area contributed by atoms with Crippen molar-refractivity contribution in [2.45, 2.75) is 36.6 Å². The summed E-state index contributed by atoms with van der Waals surface area (Å²) in [4.78, 5) is 25.3. The Balaban J connectivity index is 1.80. The summed E-state index contributed by atoms with van der Waals surface area (Å²) in [5.74, 6) is -0.694. The van der Waals surface area contributed by atoms with Gasteiger partial charge in [0.05, 0.1) is 10.8 Å². The molecular formula is C15H18BrNO4S. The standard InChI is InChI=1S/C15H18BrNO4S/c16-11-5-7-12(8-6-11)22(21)10-2-4-14(18)17-9-1-3-13(17)15(19)20/h5-8,13H,1-4,9-10H2,(H,19,20)/t13-,22-/m0/s1. The summed E-state index contributed by atoms with van der Waals surface area (Å²) in [6.45, 7) is 0.506. The van der Waals surface area contributed by atoms with Crippen LogP contribution in [0.1, 0.15) is 25.7 Å². The topological polar surface area (TPSA) is 74.7 Å². The number of aliphatic carboxylic acids is 1. The molecule has 0 spiro atoms. The van der Waals surface area contributed by atoms with Crippen molar-refractivity contribution in [3.05, 3.63) is 28.7 Å². The molecule has 0 unspecified atom stereocenters. The van der Waals surface area contributed by atoms with E-state index in [2.05, 4.69) is 15.9 Å². The van der Waals surface area contributed by atoms with Crippen LogP contribution in [0, 0.1) is 0 Å².